The first-order chi connectivity index (χ1) is 13.3. The van der Waals surface area contributed by atoms with E-state index < -0.39 is 0 Å². The van der Waals surface area contributed by atoms with E-state index in [1.807, 2.05) is 72.8 Å². The average Bonchev–Trinajstić information content (AvgIpc) is 2.73. The molecule has 2 N–H and O–H groups in total. The summed E-state index contributed by atoms with van der Waals surface area (Å²) in [6.45, 7) is 0.530. The molecule has 0 radical (unpaired) electrons. The maximum absolute atomic E-state index is 5.90. The van der Waals surface area contributed by atoms with Crippen molar-refractivity contribution in [2.45, 2.75) is 12.4 Å². The Labute approximate surface area is 163 Å². The SMILES string of the molecule is NC(=NN=Cc1cccc(OCc2ccccc2)c1)SCc1ccccc1. The van der Waals surface area contributed by atoms with Gasteiger partial charge < -0.3 is 10.5 Å². The second-order valence-electron chi connectivity index (χ2n) is 5.80. The summed E-state index contributed by atoms with van der Waals surface area (Å²) in [5.41, 5.74) is 9.14. The van der Waals surface area contributed by atoms with Crippen molar-refractivity contribution in [1.82, 2.24) is 0 Å². The van der Waals surface area contributed by atoms with Crippen LogP contribution in [0, 0.1) is 0 Å². The van der Waals surface area contributed by atoms with E-state index in [1.54, 1.807) is 6.21 Å². The van der Waals surface area contributed by atoms with Gasteiger partial charge in [-0.25, -0.2) is 0 Å². The fraction of sp³-hybridized carbons (Fsp3) is 0.0909. The van der Waals surface area contributed by atoms with Crippen LogP contribution in [-0.2, 0) is 12.4 Å². The molecule has 0 aromatic heterocycles. The number of nitrogens with two attached hydrogens (primary N) is 1. The molecule has 0 saturated heterocycles. The van der Waals surface area contributed by atoms with E-state index in [0.717, 1.165) is 22.6 Å². The molecule has 0 heterocycles. The summed E-state index contributed by atoms with van der Waals surface area (Å²) in [4.78, 5) is 0. The van der Waals surface area contributed by atoms with Crippen LogP contribution in [0.1, 0.15) is 16.7 Å². The average molecular weight is 375 g/mol. The van der Waals surface area contributed by atoms with Crippen LogP contribution >= 0.6 is 11.8 Å². The van der Waals surface area contributed by atoms with Gasteiger partial charge in [-0.3, -0.25) is 0 Å². The zero-order valence-corrected chi connectivity index (χ0v) is 15.7. The van der Waals surface area contributed by atoms with E-state index in [0.29, 0.717) is 11.8 Å². The predicted molar refractivity (Wildman–Crippen MR) is 114 cm³/mol. The number of amidine groups is 1. The van der Waals surface area contributed by atoms with Crippen molar-refractivity contribution in [3.8, 4) is 5.75 Å². The standard InChI is InChI=1S/C22H21N3OS/c23-22(27-17-19-10-5-2-6-11-19)25-24-15-20-12-7-13-21(14-20)26-16-18-8-3-1-4-9-18/h1-15H,16-17H2,(H2,23,25). The van der Waals surface area contributed by atoms with Crippen molar-refractivity contribution < 1.29 is 4.74 Å². The Bertz CT molecular complexity index is 896. The molecule has 0 spiro atoms. The van der Waals surface area contributed by atoms with Crippen molar-refractivity contribution in [1.29, 1.82) is 0 Å². The van der Waals surface area contributed by atoms with E-state index in [9.17, 15) is 0 Å². The van der Waals surface area contributed by atoms with E-state index in [-0.39, 0.29) is 0 Å². The van der Waals surface area contributed by atoms with Gasteiger partial charge in [0, 0.05) is 5.75 Å². The topological polar surface area (TPSA) is 60.0 Å². The molecule has 0 unspecified atom stereocenters. The van der Waals surface area contributed by atoms with Gasteiger partial charge >= 0.3 is 0 Å². The first kappa shape index (κ1) is 18.7. The number of benzene rings is 3. The van der Waals surface area contributed by atoms with Crippen LogP contribution in [-0.4, -0.2) is 11.4 Å². The highest BCUT2D eigenvalue weighted by Crippen LogP contribution is 2.15. The van der Waals surface area contributed by atoms with Gasteiger partial charge in [0.15, 0.2) is 5.17 Å². The Morgan fingerprint density at radius 1 is 0.889 bits per heavy atom. The van der Waals surface area contributed by atoms with Gasteiger partial charge in [-0.15, -0.1) is 5.10 Å². The van der Waals surface area contributed by atoms with Gasteiger partial charge in [0.1, 0.15) is 12.4 Å². The minimum absolute atomic E-state index is 0.437. The van der Waals surface area contributed by atoms with Crippen molar-refractivity contribution in [2.24, 2.45) is 15.9 Å². The molecule has 0 bridgehead atoms. The first-order valence-electron chi connectivity index (χ1n) is 8.59. The van der Waals surface area contributed by atoms with Crippen LogP contribution in [0.5, 0.6) is 5.75 Å². The zero-order chi connectivity index (χ0) is 18.7. The van der Waals surface area contributed by atoms with Gasteiger partial charge in [0.05, 0.1) is 6.21 Å². The van der Waals surface area contributed by atoms with E-state index >= 15 is 0 Å². The van der Waals surface area contributed by atoms with Crippen LogP contribution < -0.4 is 10.5 Å². The van der Waals surface area contributed by atoms with Gasteiger partial charge in [-0.2, -0.15) is 5.10 Å². The maximum atomic E-state index is 5.90. The Kier molecular flexibility index (Phi) is 7.07. The van der Waals surface area contributed by atoms with Crippen LogP contribution in [0.3, 0.4) is 0 Å². The van der Waals surface area contributed by atoms with Crippen molar-refractivity contribution >= 4 is 23.1 Å². The number of hydrogen-bond acceptors (Lipinski definition) is 4. The zero-order valence-electron chi connectivity index (χ0n) is 14.9. The van der Waals surface area contributed by atoms with Crippen molar-refractivity contribution in [3.63, 3.8) is 0 Å². The lowest BCUT2D eigenvalue weighted by Crippen LogP contribution is -2.06. The second-order valence-corrected chi connectivity index (χ2v) is 6.80. The fourth-order valence-corrected chi connectivity index (χ4v) is 2.95. The molecule has 27 heavy (non-hydrogen) atoms. The molecule has 0 aliphatic carbocycles. The molecule has 3 rings (SSSR count). The Hall–Kier alpha value is -3.05. The highest BCUT2D eigenvalue weighted by Gasteiger charge is 1.98. The molecule has 4 nitrogen and oxygen atoms in total. The lowest BCUT2D eigenvalue weighted by molar-refractivity contribution is 0.306. The molecule has 0 aliphatic heterocycles. The van der Waals surface area contributed by atoms with E-state index in [1.165, 1.54) is 17.3 Å². The second kappa shape index (κ2) is 10.2. The maximum Gasteiger partial charge on any atom is 0.180 e. The third kappa shape index (κ3) is 6.64. The molecule has 3 aromatic carbocycles. The van der Waals surface area contributed by atoms with E-state index in [2.05, 4.69) is 22.3 Å². The first-order valence-corrected chi connectivity index (χ1v) is 9.58. The van der Waals surface area contributed by atoms with Gasteiger partial charge in [0.2, 0.25) is 0 Å². The molecule has 0 amide bonds. The number of hydrogen-bond donors (Lipinski definition) is 1. The number of nitrogens with zero attached hydrogens (tertiary/aromatic N) is 2. The molecule has 136 valence electrons. The van der Waals surface area contributed by atoms with Gasteiger partial charge in [-0.05, 0) is 28.8 Å². The Balaban J connectivity index is 1.52. The molecule has 5 heteroatoms. The van der Waals surface area contributed by atoms with Crippen LogP contribution in [0.25, 0.3) is 0 Å². The smallest absolute Gasteiger partial charge is 0.180 e. The fourth-order valence-electron chi connectivity index (χ4n) is 2.34. The highest BCUT2D eigenvalue weighted by atomic mass is 32.2. The van der Waals surface area contributed by atoms with Crippen molar-refractivity contribution in [3.05, 3.63) is 102 Å². The lowest BCUT2D eigenvalue weighted by Gasteiger charge is -2.06. The summed E-state index contributed by atoms with van der Waals surface area (Å²) in [5, 5.41) is 8.56. The summed E-state index contributed by atoms with van der Waals surface area (Å²) in [6.07, 6.45) is 1.67. The Morgan fingerprint density at radius 3 is 2.33 bits per heavy atom. The van der Waals surface area contributed by atoms with Gasteiger partial charge in [-0.1, -0.05) is 84.6 Å². The molecular weight excluding hydrogens is 354 g/mol. The summed E-state index contributed by atoms with van der Waals surface area (Å²) in [7, 11) is 0. The normalized spacial score (nSPS) is 11.6. The number of rotatable bonds is 7. The van der Waals surface area contributed by atoms with Crippen molar-refractivity contribution in [2.75, 3.05) is 0 Å². The molecule has 3 aromatic rings. The quantitative estimate of drug-likeness (QED) is 0.365. The molecular formula is C22H21N3OS. The molecule has 0 aliphatic rings. The number of ether oxygens (including phenoxy) is 1. The van der Waals surface area contributed by atoms with Crippen LogP contribution in [0.4, 0.5) is 0 Å². The summed E-state index contributed by atoms with van der Waals surface area (Å²) in [5.74, 6) is 1.56. The Morgan fingerprint density at radius 2 is 1.59 bits per heavy atom. The predicted octanol–water partition coefficient (Wildman–Crippen LogP) is 4.85. The summed E-state index contributed by atoms with van der Waals surface area (Å²) < 4.78 is 5.82. The lowest BCUT2D eigenvalue weighted by atomic mass is 10.2. The molecule has 0 atom stereocenters. The minimum atomic E-state index is 0.437. The third-order valence-electron chi connectivity index (χ3n) is 3.70. The number of thioether (sulfide) groups is 1. The molecule has 0 saturated carbocycles. The molecule has 0 fully saturated rings. The van der Waals surface area contributed by atoms with Gasteiger partial charge in [0.25, 0.3) is 0 Å². The largest absolute Gasteiger partial charge is 0.489 e. The van der Waals surface area contributed by atoms with Crippen LogP contribution in [0.2, 0.25) is 0 Å². The summed E-state index contributed by atoms with van der Waals surface area (Å²) in [6, 6.07) is 27.9. The monoisotopic (exact) mass is 375 g/mol. The van der Waals surface area contributed by atoms with Crippen LogP contribution in [0.15, 0.2) is 95.1 Å². The van der Waals surface area contributed by atoms with E-state index in [4.69, 9.17) is 10.5 Å². The highest BCUT2D eigenvalue weighted by molar-refractivity contribution is 8.13. The third-order valence-corrected chi connectivity index (χ3v) is 4.55. The summed E-state index contributed by atoms with van der Waals surface area (Å²) >= 11 is 1.46. The minimum Gasteiger partial charge on any atom is -0.489 e.